The zero-order valence-corrected chi connectivity index (χ0v) is 12.1. The van der Waals surface area contributed by atoms with Crippen LogP contribution in [0.1, 0.15) is 57.2 Å². The van der Waals surface area contributed by atoms with Crippen molar-refractivity contribution in [2.45, 2.75) is 64.0 Å². The van der Waals surface area contributed by atoms with Crippen molar-refractivity contribution in [2.75, 3.05) is 6.54 Å². The highest BCUT2D eigenvalue weighted by Crippen LogP contribution is 2.32. The molecule has 1 atom stereocenters. The molecule has 2 fully saturated rings. The van der Waals surface area contributed by atoms with Crippen molar-refractivity contribution in [3.63, 3.8) is 0 Å². The van der Waals surface area contributed by atoms with E-state index in [-0.39, 0.29) is 0 Å². The average Bonchev–Trinajstić information content (AvgIpc) is 3.02. The van der Waals surface area contributed by atoms with E-state index >= 15 is 0 Å². The lowest BCUT2D eigenvalue weighted by molar-refractivity contribution is 0.187. The Bertz CT molecular complexity index is 395. The van der Waals surface area contributed by atoms with Crippen molar-refractivity contribution in [3.8, 4) is 0 Å². The van der Waals surface area contributed by atoms with Crippen molar-refractivity contribution < 1.29 is 0 Å². The van der Waals surface area contributed by atoms with Crippen LogP contribution in [0.3, 0.4) is 0 Å². The van der Waals surface area contributed by atoms with Gasteiger partial charge in [-0.3, -0.25) is 4.90 Å². The minimum atomic E-state index is 0.791. The second-order valence-electron chi connectivity index (χ2n) is 6.36. The van der Waals surface area contributed by atoms with E-state index in [1.807, 2.05) is 13.4 Å². The maximum atomic E-state index is 4.23. The van der Waals surface area contributed by atoms with Crippen LogP contribution in [0.4, 0.5) is 0 Å². The van der Waals surface area contributed by atoms with Gasteiger partial charge in [-0.1, -0.05) is 32.1 Å². The van der Waals surface area contributed by atoms with E-state index in [0.717, 1.165) is 24.3 Å². The Hall–Kier alpha value is -0.900. The predicted octanol–water partition coefficient (Wildman–Crippen LogP) is 2.75. The van der Waals surface area contributed by atoms with Crippen LogP contribution in [0, 0.1) is 5.92 Å². The van der Waals surface area contributed by atoms with Gasteiger partial charge in [-0.15, -0.1) is 10.2 Å². The van der Waals surface area contributed by atoms with Crippen molar-refractivity contribution in [1.82, 2.24) is 19.7 Å². The smallest absolute Gasteiger partial charge is 0.146 e. The number of hydrogen-bond donors (Lipinski definition) is 0. The quantitative estimate of drug-likeness (QED) is 0.836. The van der Waals surface area contributed by atoms with Crippen molar-refractivity contribution in [3.05, 3.63) is 12.2 Å². The minimum Gasteiger partial charge on any atom is -0.320 e. The third kappa shape index (κ3) is 3.16. The third-order valence-corrected chi connectivity index (χ3v) is 4.98. The molecule has 1 saturated heterocycles. The Morgan fingerprint density at radius 2 is 2.00 bits per heavy atom. The summed E-state index contributed by atoms with van der Waals surface area (Å²) in [6.45, 7) is 2.22. The van der Waals surface area contributed by atoms with Gasteiger partial charge < -0.3 is 4.57 Å². The van der Waals surface area contributed by atoms with Gasteiger partial charge >= 0.3 is 0 Å². The highest BCUT2D eigenvalue weighted by molar-refractivity contribution is 4.89. The third-order valence-electron chi connectivity index (χ3n) is 4.98. The van der Waals surface area contributed by atoms with Crippen LogP contribution in [0.15, 0.2) is 6.33 Å². The van der Waals surface area contributed by atoms with E-state index < -0.39 is 0 Å². The fourth-order valence-corrected chi connectivity index (χ4v) is 3.81. The van der Waals surface area contributed by atoms with Gasteiger partial charge in [0, 0.05) is 13.1 Å². The van der Waals surface area contributed by atoms with Gasteiger partial charge in [0.25, 0.3) is 0 Å². The maximum Gasteiger partial charge on any atom is 0.146 e. The first-order valence-corrected chi connectivity index (χ1v) is 7.90. The number of likely N-dealkylation sites (tertiary alicyclic amines) is 1. The fourth-order valence-electron chi connectivity index (χ4n) is 3.81. The van der Waals surface area contributed by atoms with Crippen LogP contribution in [0.2, 0.25) is 0 Å². The first kappa shape index (κ1) is 13.1. The molecule has 4 nitrogen and oxygen atoms in total. The predicted molar refractivity (Wildman–Crippen MR) is 75.6 cm³/mol. The molecule has 2 aliphatic rings. The van der Waals surface area contributed by atoms with Crippen molar-refractivity contribution in [2.24, 2.45) is 13.0 Å². The van der Waals surface area contributed by atoms with E-state index in [1.165, 1.54) is 57.9 Å². The lowest BCUT2D eigenvalue weighted by Crippen LogP contribution is -2.32. The Balaban J connectivity index is 1.56. The van der Waals surface area contributed by atoms with Crippen LogP contribution < -0.4 is 0 Å². The second-order valence-corrected chi connectivity index (χ2v) is 6.36. The molecule has 4 heteroatoms. The Morgan fingerprint density at radius 1 is 1.16 bits per heavy atom. The molecule has 1 aliphatic carbocycles. The summed E-state index contributed by atoms with van der Waals surface area (Å²) in [5.41, 5.74) is 0. The second kappa shape index (κ2) is 6.04. The van der Waals surface area contributed by atoms with Crippen molar-refractivity contribution in [1.29, 1.82) is 0 Å². The van der Waals surface area contributed by atoms with Crippen LogP contribution in [-0.4, -0.2) is 32.3 Å². The fraction of sp³-hybridized carbons (Fsp3) is 0.867. The van der Waals surface area contributed by atoms with Gasteiger partial charge in [-0.2, -0.15) is 0 Å². The zero-order chi connectivity index (χ0) is 13.1. The topological polar surface area (TPSA) is 34.0 Å². The largest absolute Gasteiger partial charge is 0.320 e. The number of aromatic nitrogens is 3. The summed E-state index contributed by atoms with van der Waals surface area (Å²) < 4.78 is 2.05. The van der Waals surface area contributed by atoms with E-state index in [0.29, 0.717) is 0 Å². The maximum absolute atomic E-state index is 4.23. The summed E-state index contributed by atoms with van der Waals surface area (Å²) >= 11 is 0. The van der Waals surface area contributed by atoms with Gasteiger partial charge in [0.1, 0.15) is 12.2 Å². The van der Waals surface area contributed by atoms with Crippen LogP contribution in [0.5, 0.6) is 0 Å². The summed E-state index contributed by atoms with van der Waals surface area (Å²) in [7, 11) is 2.04. The van der Waals surface area contributed by atoms with E-state index in [9.17, 15) is 0 Å². The lowest BCUT2D eigenvalue weighted by atomic mass is 9.84. The van der Waals surface area contributed by atoms with Gasteiger partial charge in [0.15, 0.2) is 0 Å². The molecule has 0 bridgehead atoms. The normalized spacial score (nSPS) is 26.1. The molecule has 3 rings (SSSR count). The minimum absolute atomic E-state index is 0.791. The van der Waals surface area contributed by atoms with Gasteiger partial charge in [0.05, 0.1) is 6.54 Å². The Kier molecular flexibility index (Phi) is 4.16. The summed E-state index contributed by atoms with van der Waals surface area (Å²) in [4.78, 5) is 2.64. The highest BCUT2D eigenvalue weighted by atomic mass is 15.3. The molecule has 0 N–H and O–H groups in total. The summed E-state index contributed by atoms with van der Waals surface area (Å²) in [5, 5.41) is 8.22. The molecular formula is C15H26N4. The van der Waals surface area contributed by atoms with Gasteiger partial charge in [-0.05, 0) is 31.7 Å². The van der Waals surface area contributed by atoms with E-state index in [1.54, 1.807) is 0 Å². The first-order valence-electron chi connectivity index (χ1n) is 7.90. The molecule has 0 spiro atoms. The Morgan fingerprint density at radius 3 is 2.74 bits per heavy atom. The lowest BCUT2D eigenvalue weighted by Gasteiger charge is -2.29. The number of nitrogens with zero attached hydrogens (tertiary/aromatic N) is 4. The molecule has 1 aliphatic heterocycles. The van der Waals surface area contributed by atoms with Crippen molar-refractivity contribution >= 4 is 0 Å². The summed E-state index contributed by atoms with van der Waals surface area (Å²) in [5.74, 6) is 2.09. The number of rotatable bonds is 4. The molecule has 1 unspecified atom stereocenters. The van der Waals surface area contributed by atoms with Crippen LogP contribution >= 0.6 is 0 Å². The molecule has 1 saturated carbocycles. The molecule has 0 aromatic carbocycles. The number of hydrogen-bond acceptors (Lipinski definition) is 3. The van der Waals surface area contributed by atoms with Crippen LogP contribution in [0.25, 0.3) is 0 Å². The first-order chi connectivity index (χ1) is 9.33. The monoisotopic (exact) mass is 262 g/mol. The van der Waals surface area contributed by atoms with E-state index in [2.05, 4.69) is 19.7 Å². The standard InChI is InChI=1S/C15H26N4/c1-18-12-16-17-15(18)11-19-9-5-8-14(19)10-13-6-3-2-4-7-13/h12-14H,2-11H2,1H3. The van der Waals surface area contributed by atoms with Crippen LogP contribution in [-0.2, 0) is 13.6 Å². The molecular weight excluding hydrogens is 236 g/mol. The molecule has 1 aromatic heterocycles. The highest BCUT2D eigenvalue weighted by Gasteiger charge is 2.28. The molecule has 0 amide bonds. The molecule has 19 heavy (non-hydrogen) atoms. The SMILES string of the molecule is Cn1cnnc1CN1CCCC1CC1CCCCC1. The molecule has 2 heterocycles. The Labute approximate surface area is 116 Å². The summed E-state index contributed by atoms with van der Waals surface area (Å²) in [6.07, 6.45) is 13.3. The van der Waals surface area contributed by atoms with Gasteiger partial charge in [-0.25, -0.2) is 0 Å². The van der Waals surface area contributed by atoms with E-state index in [4.69, 9.17) is 0 Å². The summed E-state index contributed by atoms with van der Waals surface area (Å²) in [6, 6.07) is 0.791. The zero-order valence-electron chi connectivity index (χ0n) is 12.1. The average molecular weight is 262 g/mol. The molecule has 0 radical (unpaired) electrons. The number of aryl methyl sites for hydroxylation is 1. The molecule has 106 valence electrons. The van der Waals surface area contributed by atoms with Gasteiger partial charge in [0.2, 0.25) is 0 Å². The molecule has 1 aromatic rings.